The van der Waals surface area contributed by atoms with Gasteiger partial charge in [-0.25, -0.2) is 8.78 Å². The first-order valence-electron chi connectivity index (χ1n) is 10.5. The predicted octanol–water partition coefficient (Wildman–Crippen LogP) is 2.08. The van der Waals surface area contributed by atoms with E-state index in [0.717, 1.165) is 12.1 Å². The van der Waals surface area contributed by atoms with Crippen molar-refractivity contribution >= 4 is 0 Å². The van der Waals surface area contributed by atoms with Gasteiger partial charge in [0.15, 0.2) is 0 Å². The Kier molecular flexibility index (Phi) is 8.57. The number of rotatable bonds is 9. The number of ether oxygens (including phenoxy) is 4. The van der Waals surface area contributed by atoms with Crippen molar-refractivity contribution in [2.24, 2.45) is 0 Å². The highest BCUT2D eigenvalue weighted by Gasteiger charge is 2.45. The van der Waals surface area contributed by atoms with E-state index in [1.807, 2.05) is 13.8 Å². The highest BCUT2D eigenvalue weighted by molar-refractivity contribution is 5.38. The summed E-state index contributed by atoms with van der Waals surface area (Å²) in [6.45, 7) is 3.95. The normalized spacial score (nSPS) is 25.3. The summed E-state index contributed by atoms with van der Waals surface area (Å²) in [6, 6.07) is 8.24. The van der Waals surface area contributed by atoms with Gasteiger partial charge >= 0.3 is 0 Å². The van der Waals surface area contributed by atoms with Gasteiger partial charge in [0.1, 0.15) is 66.0 Å². The van der Waals surface area contributed by atoms with Crippen LogP contribution in [-0.4, -0.2) is 70.8 Å². The molecule has 0 spiro atoms. The molecule has 1 aliphatic heterocycles. The topological polar surface area (TPSA) is 118 Å². The molecule has 0 bridgehead atoms. The van der Waals surface area contributed by atoms with E-state index in [-0.39, 0.29) is 11.9 Å². The first kappa shape index (κ1) is 25.3. The summed E-state index contributed by atoms with van der Waals surface area (Å²) in [7, 11) is 0. The number of hydrogen-bond donors (Lipinski definition) is 4. The first-order chi connectivity index (χ1) is 15.7. The molecule has 0 aromatic heterocycles. The molecule has 1 fully saturated rings. The fraction of sp³-hybridized carbons (Fsp3) is 0.478. The van der Waals surface area contributed by atoms with Gasteiger partial charge in [0.25, 0.3) is 0 Å². The summed E-state index contributed by atoms with van der Waals surface area (Å²) >= 11 is 0. The van der Waals surface area contributed by atoms with Gasteiger partial charge in [-0.2, -0.15) is 0 Å². The second-order valence-electron chi connectivity index (χ2n) is 7.89. The lowest BCUT2D eigenvalue weighted by Crippen LogP contribution is -2.55. The summed E-state index contributed by atoms with van der Waals surface area (Å²) in [5.74, 6) is -1.43. The molecular formula is C23H28F2O8. The van der Waals surface area contributed by atoms with Crippen LogP contribution in [0.1, 0.15) is 25.5 Å². The summed E-state index contributed by atoms with van der Waals surface area (Å²) in [4.78, 5) is 0. The van der Waals surface area contributed by atoms with Crippen molar-refractivity contribution in [1.82, 2.24) is 0 Å². The van der Waals surface area contributed by atoms with E-state index in [2.05, 4.69) is 0 Å². The highest BCUT2D eigenvalue weighted by Crippen LogP contribution is 2.37. The molecule has 2 aromatic carbocycles. The van der Waals surface area contributed by atoms with E-state index in [1.165, 1.54) is 0 Å². The third-order valence-electron chi connectivity index (χ3n) is 5.09. The van der Waals surface area contributed by atoms with Crippen LogP contribution < -0.4 is 9.47 Å². The van der Waals surface area contributed by atoms with Crippen LogP contribution in [0, 0.1) is 11.6 Å². The molecule has 3 rings (SSSR count). The minimum Gasteiger partial charge on any atom is -0.491 e. The van der Waals surface area contributed by atoms with E-state index in [1.54, 1.807) is 24.3 Å². The van der Waals surface area contributed by atoms with E-state index in [4.69, 9.17) is 18.9 Å². The Morgan fingerprint density at radius 2 is 1.48 bits per heavy atom. The molecule has 1 aliphatic rings. The van der Waals surface area contributed by atoms with Crippen LogP contribution in [0.4, 0.5) is 8.78 Å². The van der Waals surface area contributed by atoms with Crippen LogP contribution in [0.25, 0.3) is 0 Å². The largest absolute Gasteiger partial charge is 0.491 e. The van der Waals surface area contributed by atoms with Crippen molar-refractivity contribution in [2.45, 2.75) is 50.5 Å². The van der Waals surface area contributed by atoms with Gasteiger partial charge in [-0.3, -0.25) is 0 Å². The summed E-state index contributed by atoms with van der Waals surface area (Å²) in [5, 5.41) is 39.2. The van der Waals surface area contributed by atoms with Crippen molar-refractivity contribution in [2.75, 3.05) is 19.8 Å². The minimum atomic E-state index is -1.81. The summed E-state index contributed by atoms with van der Waals surface area (Å²) in [6.07, 6.45) is -8.02. The summed E-state index contributed by atoms with van der Waals surface area (Å²) < 4.78 is 51.2. The molecule has 182 valence electrons. The van der Waals surface area contributed by atoms with E-state index < -0.39 is 54.3 Å². The fourth-order valence-electron chi connectivity index (χ4n) is 3.42. The predicted molar refractivity (Wildman–Crippen MR) is 112 cm³/mol. The molecule has 10 heteroatoms. The molecule has 0 saturated carbocycles. The third kappa shape index (κ3) is 6.17. The molecule has 0 radical (unpaired) electrons. The quantitative estimate of drug-likeness (QED) is 0.412. The lowest BCUT2D eigenvalue weighted by atomic mass is 9.90. The minimum absolute atomic E-state index is 0.109. The van der Waals surface area contributed by atoms with Crippen LogP contribution in [0.5, 0.6) is 17.2 Å². The second-order valence-corrected chi connectivity index (χ2v) is 7.89. The van der Waals surface area contributed by atoms with Gasteiger partial charge in [-0.15, -0.1) is 0 Å². The van der Waals surface area contributed by atoms with Crippen molar-refractivity contribution in [3.05, 3.63) is 53.6 Å². The van der Waals surface area contributed by atoms with Gasteiger partial charge in [0.05, 0.1) is 24.9 Å². The molecule has 1 heterocycles. The molecule has 0 aliphatic carbocycles. The van der Waals surface area contributed by atoms with E-state index >= 15 is 0 Å². The SMILES string of the molecule is CC(C)OCCOc1ccc(Oc2cc(F)c([C@@H]3O[C@H](CO)[C@@H](O)[C@H](O)[C@H]3O)c(F)c2)cc1. The fourth-order valence-corrected chi connectivity index (χ4v) is 3.42. The monoisotopic (exact) mass is 470 g/mol. The Labute approximate surface area is 189 Å². The molecule has 1 saturated heterocycles. The molecule has 2 aromatic rings. The molecule has 4 N–H and O–H groups in total. The Morgan fingerprint density at radius 3 is 2.06 bits per heavy atom. The van der Waals surface area contributed by atoms with Crippen LogP contribution >= 0.6 is 0 Å². The first-order valence-corrected chi connectivity index (χ1v) is 10.5. The molecule has 33 heavy (non-hydrogen) atoms. The maximum atomic E-state index is 14.8. The maximum absolute atomic E-state index is 14.8. The highest BCUT2D eigenvalue weighted by atomic mass is 19.1. The van der Waals surface area contributed by atoms with Crippen LogP contribution in [0.3, 0.4) is 0 Å². The van der Waals surface area contributed by atoms with E-state index in [9.17, 15) is 29.2 Å². The zero-order chi connectivity index (χ0) is 24.1. The van der Waals surface area contributed by atoms with Gasteiger partial charge in [0, 0.05) is 12.1 Å². The maximum Gasteiger partial charge on any atom is 0.135 e. The molecule has 8 nitrogen and oxygen atoms in total. The number of aliphatic hydroxyl groups is 4. The summed E-state index contributed by atoms with van der Waals surface area (Å²) in [5.41, 5.74) is -0.647. The Morgan fingerprint density at radius 1 is 0.879 bits per heavy atom. The number of benzene rings is 2. The van der Waals surface area contributed by atoms with Crippen molar-refractivity contribution in [1.29, 1.82) is 0 Å². The van der Waals surface area contributed by atoms with Crippen molar-refractivity contribution in [3.8, 4) is 17.2 Å². The number of hydrogen-bond acceptors (Lipinski definition) is 8. The second kappa shape index (κ2) is 11.2. The number of aliphatic hydroxyl groups excluding tert-OH is 4. The molecule has 0 unspecified atom stereocenters. The van der Waals surface area contributed by atoms with Gasteiger partial charge in [0.2, 0.25) is 0 Å². The van der Waals surface area contributed by atoms with Crippen LogP contribution in [0.2, 0.25) is 0 Å². The van der Waals surface area contributed by atoms with Crippen molar-refractivity contribution in [3.63, 3.8) is 0 Å². The average Bonchev–Trinajstić information content (AvgIpc) is 2.77. The number of halogens is 2. The smallest absolute Gasteiger partial charge is 0.135 e. The molecule has 5 atom stereocenters. The Balaban J connectivity index is 1.69. The van der Waals surface area contributed by atoms with Crippen LogP contribution in [0.15, 0.2) is 36.4 Å². The van der Waals surface area contributed by atoms with Crippen molar-refractivity contribution < 1.29 is 48.2 Å². The Hall–Kier alpha value is -2.34. The lowest BCUT2D eigenvalue weighted by molar-refractivity contribution is -0.232. The standard InChI is InChI=1S/C23H28F2O8/c1-12(2)30-7-8-31-13-3-5-14(6-4-13)32-15-9-16(24)19(17(25)10-15)23-22(29)21(28)20(27)18(11-26)33-23/h3-6,9-10,12,18,20-23,26-29H,7-8,11H2,1-2H3/t18-,20-,21+,22-,23+/m1/s1. The average molecular weight is 470 g/mol. The van der Waals surface area contributed by atoms with Gasteiger partial charge < -0.3 is 39.4 Å². The van der Waals surface area contributed by atoms with E-state index in [0.29, 0.717) is 24.7 Å². The van der Waals surface area contributed by atoms with Gasteiger partial charge in [-0.1, -0.05) is 0 Å². The lowest BCUT2D eigenvalue weighted by Gasteiger charge is -2.40. The molecule has 0 amide bonds. The third-order valence-corrected chi connectivity index (χ3v) is 5.09. The van der Waals surface area contributed by atoms with Crippen LogP contribution in [-0.2, 0) is 9.47 Å². The molecular weight excluding hydrogens is 442 g/mol. The Bertz CT molecular complexity index is 883. The zero-order valence-corrected chi connectivity index (χ0v) is 18.2. The zero-order valence-electron chi connectivity index (χ0n) is 18.2. The van der Waals surface area contributed by atoms with Gasteiger partial charge in [-0.05, 0) is 38.1 Å².